The van der Waals surface area contributed by atoms with Crippen LogP contribution in [0, 0.1) is 0 Å². The van der Waals surface area contributed by atoms with E-state index in [4.69, 9.17) is 10.5 Å². The number of benzene rings is 1. The number of nitrogen functional groups attached to an aromatic ring is 1. The van der Waals surface area contributed by atoms with Gasteiger partial charge in [0.25, 0.3) is 5.91 Å². The Morgan fingerprint density at radius 3 is 2.94 bits per heavy atom. The van der Waals surface area contributed by atoms with Crippen LogP contribution in [-0.2, 0) is 9.53 Å². The number of amides is 1. The lowest BCUT2D eigenvalue weighted by Gasteiger charge is -2.22. The number of phenolic OH excluding ortho intramolecular Hbond substituents is 1. The highest BCUT2D eigenvalue weighted by Crippen LogP contribution is 2.24. The number of nitrogens with one attached hydrogen (secondary N) is 1. The van der Waals surface area contributed by atoms with Gasteiger partial charge in [-0.15, -0.1) is 0 Å². The van der Waals surface area contributed by atoms with Gasteiger partial charge in [-0.2, -0.15) is 0 Å². The van der Waals surface area contributed by atoms with Crippen molar-refractivity contribution in [1.29, 1.82) is 0 Å². The van der Waals surface area contributed by atoms with E-state index in [1.807, 2.05) is 0 Å². The number of hydrogen-bond acceptors (Lipinski definition) is 4. The van der Waals surface area contributed by atoms with Gasteiger partial charge in [0, 0.05) is 12.7 Å². The third kappa shape index (κ3) is 2.88. The quantitative estimate of drug-likeness (QED) is 0.536. The van der Waals surface area contributed by atoms with Crippen molar-refractivity contribution >= 4 is 17.3 Å². The molecule has 1 aromatic rings. The Labute approximate surface area is 99.6 Å². The van der Waals surface area contributed by atoms with E-state index in [2.05, 4.69) is 5.32 Å². The van der Waals surface area contributed by atoms with E-state index in [0.717, 1.165) is 19.3 Å². The molecule has 1 saturated heterocycles. The van der Waals surface area contributed by atoms with Gasteiger partial charge < -0.3 is 20.9 Å². The molecule has 1 unspecified atom stereocenters. The van der Waals surface area contributed by atoms with Gasteiger partial charge in [-0.25, -0.2) is 0 Å². The predicted molar refractivity (Wildman–Crippen MR) is 64.7 cm³/mol. The molecule has 0 aromatic heterocycles. The molecule has 1 aliphatic heterocycles. The zero-order chi connectivity index (χ0) is 12.3. The molecule has 92 valence electrons. The van der Waals surface area contributed by atoms with Crippen LogP contribution in [0.1, 0.15) is 19.3 Å². The molecular weight excluding hydrogens is 220 g/mol. The van der Waals surface area contributed by atoms with Crippen LogP contribution in [0.25, 0.3) is 0 Å². The number of carbonyl (C=O) groups is 1. The predicted octanol–water partition coefficient (Wildman–Crippen LogP) is 1.48. The minimum Gasteiger partial charge on any atom is -0.508 e. The van der Waals surface area contributed by atoms with Crippen LogP contribution in [0.2, 0.25) is 0 Å². The fourth-order valence-corrected chi connectivity index (χ4v) is 1.82. The van der Waals surface area contributed by atoms with Crippen molar-refractivity contribution in [2.75, 3.05) is 17.7 Å². The smallest absolute Gasteiger partial charge is 0.253 e. The van der Waals surface area contributed by atoms with Gasteiger partial charge in [0.1, 0.15) is 11.9 Å². The number of hydrogen-bond donors (Lipinski definition) is 3. The summed E-state index contributed by atoms with van der Waals surface area (Å²) < 4.78 is 5.37. The molecule has 1 atom stereocenters. The fraction of sp³-hybridized carbons (Fsp3) is 0.417. The van der Waals surface area contributed by atoms with Crippen LogP contribution in [0.15, 0.2) is 18.2 Å². The van der Waals surface area contributed by atoms with Crippen molar-refractivity contribution in [3.8, 4) is 5.75 Å². The van der Waals surface area contributed by atoms with Gasteiger partial charge in [0.05, 0.1) is 11.4 Å². The van der Waals surface area contributed by atoms with Crippen molar-refractivity contribution < 1.29 is 14.6 Å². The molecule has 5 heteroatoms. The first-order chi connectivity index (χ1) is 8.16. The van der Waals surface area contributed by atoms with E-state index in [0.29, 0.717) is 18.0 Å². The second-order valence-electron chi connectivity index (χ2n) is 4.12. The Hall–Kier alpha value is -1.75. The number of rotatable bonds is 2. The van der Waals surface area contributed by atoms with E-state index in [-0.39, 0.29) is 11.7 Å². The van der Waals surface area contributed by atoms with E-state index >= 15 is 0 Å². The number of carbonyl (C=O) groups excluding carboxylic acids is 1. The summed E-state index contributed by atoms with van der Waals surface area (Å²) >= 11 is 0. The molecular formula is C12H16N2O3. The first-order valence-electron chi connectivity index (χ1n) is 5.68. The third-order valence-electron chi connectivity index (χ3n) is 2.77. The van der Waals surface area contributed by atoms with Crippen LogP contribution in [0.5, 0.6) is 5.75 Å². The van der Waals surface area contributed by atoms with Crippen molar-refractivity contribution in [1.82, 2.24) is 0 Å². The summed E-state index contributed by atoms with van der Waals surface area (Å²) in [5.74, 6) is -0.100. The number of phenols is 1. The molecule has 17 heavy (non-hydrogen) atoms. The van der Waals surface area contributed by atoms with Crippen LogP contribution in [-0.4, -0.2) is 23.7 Å². The molecule has 0 aliphatic carbocycles. The first-order valence-corrected chi connectivity index (χ1v) is 5.68. The SMILES string of the molecule is Nc1cc(O)ccc1NC(=O)C1CCCCO1. The molecule has 0 bridgehead atoms. The van der Waals surface area contributed by atoms with Gasteiger partial charge in [-0.05, 0) is 31.4 Å². The molecule has 1 aromatic carbocycles. The fourth-order valence-electron chi connectivity index (χ4n) is 1.82. The minimum atomic E-state index is -0.392. The molecule has 0 radical (unpaired) electrons. The highest BCUT2D eigenvalue weighted by atomic mass is 16.5. The maximum atomic E-state index is 11.9. The molecule has 5 nitrogen and oxygen atoms in total. The Morgan fingerprint density at radius 2 is 2.29 bits per heavy atom. The van der Waals surface area contributed by atoms with E-state index in [1.165, 1.54) is 12.1 Å². The molecule has 1 fully saturated rings. The highest BCUT2D eigenvalue weighted by molar-refractivity contribution is 5.96. The molecule has 4 N–H and O–H groups in total. The first kappa shape index (κ1) is 11.7. The van der Waals surface area contributed by atoms with Crippen molar-refractivity contribution in [3.05, 3.63) is 18.2 Å². The van der Waals surface area contributed by atoms with Crippen LogP contribution >= 0.6 is 0 Å². The van der Waals surface area contributed by atoms with Crippen LogP contribution in [0.3, 0.4) is 0 Å². The highest BCUT2D eigenvalue weighted by Gasteiger charge is 2.22. The number of aromatic hydroxyl groups is 1. The van der Waals surface area contributed by atoms with Gasteiger partial charge in [0.15, 0.2) is 0 Å². The van der Waals surface area contributed by atoms with E-state index in [1.54, 1.807) is 6.07 Å². The summed E-state index contributed by atoms with van der Waals surface area (Å²) in [5, 5.41) is 11.9. The zero-order valence-corrected chi connectivity index (χ0v) is 9.48. The van der Waals surface area contributed by atoms with Gasteiger partial charge in [-0.3, -0.25) is 4.79 Å². The van der Waals surface area contributed by atoms with Crippen molar-refractivity contribution in [2.24, 2.45) is 0 Å². The van der Waals surface area contributed by atoms with Gasteiger partial charge in [0.2, 0.25) is 0 Å². The molecule has 2 rings (SSSR count). The summed E-state index contributed by atoms with van der Waals surface area (Å²) in [6.45, 7) is 0.628. The summed E-state index contributed by atoms with van der Waals surface area (Å²) in [4.78, 5) is 11.9. The normalized spacial score (nSPS) is 19.9. The minimum absolute atomic E-state index is 0.0782. The van der Waals surface area contributed by atoms with E-state index < -0.39 is 6.10 Å². The average molecular weight is 236 g/mol. The van der Waals surface area contributed by atoms with Crippen LogP contribution in [0.4, 0.5) is 11.4 Å². The second kappa shape index (κ2) is 5.05. The van der Waals surface area contributed by atoms with Crippen molar-refractivity contribution in [3.63, 3.8) is 0 Å². The zero-order valence-electron chi connectivity index (χ0n) is 9.48. The molecule has 0 spiro atoms. The lowest BCUT2D eigenvalue weighted by Crippen LogP contribution is -2.33. The Balaban J connectivity index is 2.02. The summed E-state index contributed by atoms with van der Waals surface area (Å²) in [7, 11) is 0. The summed E-state index contributed by atoms with van der Waals surface area (Å²) in [6.07, 6.45) is 2.36. The van der Waals surface area contributed by atoms with Gasteiger partial charge >= 0.3 is 0 Å². The summed E-state index contributed by atoms with van der Waals surface area (Å²) in [5.41, 5.74) is 6.53. The molecule has 1 aliphatic rings. The molecule has 1 heterocycles. The lowest BCUT2D eigenvalue weighted by atomic mass is 10.1. The standard InChI is InChI=1S/C12H16N2O3/c13-9-7-8(15)4-5-10(9)14-12(16)11-3-1-2-6-17-11/h4-5,7,11,15H,1-3,6,13H2,(H,14,16). The maximum Gasteiger partial charge on any atom is 0.253 e. The largest absolute Gasteiger partial charge is 0.508 e. The van der Waals surface area contributed by atoms with Gasteiger partial charge in [-0.1, -0.05) is 0 Å². The second-order valence-corrected chi connectivity index (χ2v) is 4.12. The number of nitrogens with two attached hydrogens (primary N) is 1. The Morgan fingerprint density at radius 1 is 1.47 bits per heavy atom. The topological polar surface area (TPSA) is 84.6 Å². The average Bonchev–Trinajstić information content (AvgIpc) is 2.34. The number of anilines is 2. The van der Waals surface area contributed by atoms with Crippen molar-refractivity contribution in [2.45, 2.75) is 25.4 Å². The number of ether oxygens (including phenoxy) is 1. The Kier molecular flexibility index (Phi) is 3.49. The molecule has 0 saturated carbocycles. The van der Waals surface area contributed by atoms with E-state index in [9.17, 15) is 9.90 Å². The lowest BCUT2D eigenvalue weighted by molar-refractivity contribution is -0.129. The summed E-state index contributed by atoms with van der Waals surface area (Å²) in [6, 6.07) is 4.45. The molecule has 1 amide bonds. The third-order valence-corrected chi connectivity index (χ3v) is 2.77. The Bertz CT molecular complexity index is 414. The monoisotopic (exact) mass is 236 g/mol. The van der Waals surface area contributed by atoms with Crippen LogP contribution < -0.4 is 11.1 Å². The maximum absolute atomic E-state index is 11.9.